The average Bonchev–Trinajstić information content (AvgIpc) is 2.28. The van der Waals surface area contributed by atoms with E-state index in [0.29, 0.717) is 12.1 Å². The highest BCUT2D eigenvalue weighted by atomic mass is 35.5. The van der Waals surface area contributed by atoms with Gasteiger partial charge in [-0.25, -0.2) is 17.6 Å². The number of sulfone groups is 1. The van der Waals surface area contributed by atoms with Gasteiger partial charge in [0.25, 0.3) is 0 Å². The highest BCUT2D eigenvalue weighted by molar-refractivity contribution is 7.91. The fourth-order valence-electron chi connectivity index (χ4n) is 1.31. The standard InChI is InChI=1S/C10H7ClF4O4S/c11-5-3-6(9(16)17)8(12)7(4-5)20(18,19)2-1-10(13,14)15/h3-4H,1-2H2,(H,16,17). The summed E-state index contributed by atoms with van der Waals surface area (Å²) in [6, 6.07) is 1.25. The Kier molecular flexibility index (Phi) is 4.65. The van der Waals surface area contributed by atoms with Crippen LogP contribution in [0.1, 0.15) is 16.8 Å². The maximum Gasteiger partial charge on any atom is 0.390 e. The Morgan fingerprint density at radius 2 is 1.85 bits per heavy atom. The van der Waals surface area contributed by atoms with Gasteiger partial charge in [0.2, 0.25) is 0 Å². The zero-order chi connectivity index (χ0) is 15.7. The molecule has 0 unspecified atom stereocenters. The van der Waals surface area contributed by atoms with Crippen molar-refractivity contribution in [3.05, 3.63) is 28.5 Å². The van der Waals surface area contributed by atoms with Gasteiger partial charge in [0, 0.05) is 5.02 Å². The second kappa shape index (κ2) is 5.57. The van der Waals surface area contributed by atoms with Crippen LogP contribution in [0.5, 0.6) is 0 Å². The summed E-state index contributed by atoms with van der Waals surface area (Å²) in [6.45, 7) is 0. The fourth-order valence-corrected chi connectivity index (χ4v) is 3.00. The lowest BCUT2D eigenvalue weighted by molar-refractivity contribution is -0.129. The van der Waals surface area contributed by atoms with E-state index in [-0.39, 0.29) is 0 Å². The van der Waals surface area contributed by atoms with Crippen LogP contribution in [0.3, 0.4) is 0 Å². The molecule has 0 bridgehead atoms. The van der Waals surface area contributed by atoms with Gasteiger partial charge in [-0.15, -0.1) is 0 Å². The molecule has 0 atom stereocenters. The molecule has 4 nitrogen and oxygen atoms in total. The summed E-state index contributed by atoms with van der Waals surface area (Å²) in [5.41, 5.74) is -1.02. The molecule has 1 rings (SSSR count). The number of hydrogen-bond donors (Lipinski definition) is 1. The van der Waals surface area contributed by atoms with Crippen LogP contribution in [0.25, 0.3) is 0 Å². The molecule has 0 saturated carbocycles. The van der Waals surface area contributed by atoms with Crippen LogP contribution in [0.4, 0.5) is 17.6 Å². The summed E-state index contributed by atoms with van der Waals surface area (Å²) >= 11 is 5.45. The number of halogens is 5. The van der Waals surface area contributed by atoms with Crippen molar-refractivity contribution in [2.75, 3.05) is 5.75 Å². The van der Waals surface area contributed by atoms with Crippen molar-refractivity contribution in [3.8, 4) is 0 Å². The molecular weight excluding hydrogens is 328 g/mol. The molecule has 0 spiro atoms. The lowest BCUT2D eigenvalue weighted by atomic mass is 10.2. The van der Waals surface area contributed by atoms with Crippen molar-refractivity contribution >= 4 is 27.4 Å². The van der Waals surface area contributed by atoms with E-state index < -0.39 is 55.5 Å². The van der Waals surface area contributed by atoms with Crippen molar-refractivity contribution in [2.24, 2.45) is 0 Å². The smallest absolute Gasteiger partial charge is 0.390 e. The fraction of sp³-hybridized carbons (Fsp3) is 0.300. The minimum absolute atomic E-state index is 0.408. The van der Waals surface area contributed by atoms with Crippen LogP contribution < -0.4 is 0 Å². The van der Waals surface area contributed by atoms with Gasteiger partial charge in [0.05, 0.1) is 17.7 Å². The number of alkyl halides is 3. The van der Waals surface area contributed by atoms with Crippen molar-refractivity contribution in [2.45, 2.75) is 17.5 Å². The largest absolute Gasteiger partial charge is 0.478 e. The third-order valence-corrected chi connectivity index (χ3v) is 4.15. The summed E-state index contributed by atoms with van der Waals surface area (Å²) < 4.78 is 73.0. The Balaban J connectivity index is 3.29. The molecule has 20 heavy (non-hydrogen) atoms. The third kappa shape index (κ3) is 4.07. The molecule has 0 radical (unpaired) electrons. The summed E-state index contributed by atoms with van der Waals surface area (Å²) in [5.74, 6) is -4.81. The molecule has 1 N–H and O–H groups in total. The van der Waals surface area contributed by atoms with Gasteiger partial charge in [0.15, 0.2) is 15.7 Å². The number of aromatic carboxylic acids is 1. The summed E-state index contributed by atoms with van der Waals surface area (Å²) in [6.07, 6.45) is -6.42. The molecule has 0 aliphatic carbocycles. The Hall–Kier alpha value is -1.35. The van der Waals surface area contributed by atoms with Gasteiger partial charge in [-0.1, -0.05) is 11.6 Å². The predicted molar refractivity (Wildman–Crippen MR) is 61.1 cm³/mol. The Morgan fingerprint density at radius 3 is 2.30 bits per heavy atom. The van der Waals surface area contributed by atoms with Crippen molar-refractivity contribution in [1.29, 1.82) is 0 Å². The van der Waals surface area contributed by atoms with Crippen LogP contribution in [0, 0.1) is 5.82 Å². The third-order valence-electron chi connectivity index (χ3n) is 2.22. The van der Waals surface area contributed by atoms with E-state index in [4.69, 9.17) is 16.7 Å². The molecule has 1 aromatic carbocycles. The molecule has 0 aliphatic rings. The lowest BCUT2D eigenvalue weighted by Crippen LogP contribution is -2.18. The maximum atomic E-state index is 13.7. The van der Waals surface area contributed by atoms with E-state index in [0.717, 1.165) is 0 Å². The molecule has 0 amide bonds. The predicted octanol–water partition coefficient (Wildman–Crippen LogP) is 2.90. The van der Waals surface area contributed by atoms with Crippen molar-refractivity contribution < 1.29 is 35.9 Å². The normalized spacial score (nSPS) is 12.4. The molecule has 0 saturated heterocycles. The van der Waals surface area contributed by atoms with Crippen LogP contribution >= 0.6 is 11.6 Å². The number of carboxylic acid groups (broad SMARTS) is 1. The SMILES string of the molecule is O=C(O)c1cc(Cl)cc(S(=O)(=O)CCC(F)(F)F)c1F. The summed E-state index contributed by atoms with van der Waals surface area (Å²) in [5, 5.41) is 8.26. The van der Waals surface area contributed by atoms with E-state index in [1.807, 2.05) is 0 Å². The Labute approximate surface area is 115 Å². The first-order valence-electron chi connectivity index (χ1n) is 4.96. The Morgan fingerprint density at radius 1 is 1.30 bits per heavy atom. The molecule has 0 fully saturated rings. The van der Waals surface area contributed by atoms with Crippen LogP contribution in [-0.2, 0) is 9.84 Å². The lowest BCUT2D eigenvalue weighted by Gasteiger charge is -2.10. The van der Waals surface area contributed by atoms with Gasteiger partial charge in [-0.2, -0.15) is 13.2 Å². The Bertz CT molecular complexity index is 639. The molecule has 1 aromatic rings. The molecule has 0 aliphatic heterocycles. The number of carboxylic acids is 1. The number of rotatable bonds is 4. The highest BCUT2D eigenvalue weighted by Crippen LogP contribution is 2.27. The zero-order valence-corrected chi connectivity index (χ0v) is 11.1. The van der Waals surface area contributed by atoms with E-state index in [2.05, 4.69) is 0 Å². The molecular formula is C10H7ClF4O4S. The average molecular weight is 335 g/mol. The van der Waals surface area contributed by atoms with Crippen LogP contribution in [0.15, 0.2) is 17.0 Å². The van der Waals surface area contributed by atoms with Gasteiger partial charge < -0.3 is 5.11 Å². The van der Waals surface area contributed by atoms with Crippen molar-refractivity contribution in [3.63, 3.8) is 0 Å². The first-order valence-corrected chi connectivity index (χ1v) is 6.99. The summed E-state index contributed by atoms with van der Waals surface area (Å²) in [4.78, 5) is 9.54. The minimum atomic E-state index is -4.74. The van der Waals surface area contributed by atoms with Gasteiger partial charge in [0.1, 0.15) is 4.90 Å². The van der Waals surface area contributed by atoms with E-state index >= 15 is 0 Å². The van der Waals surface area contributed by atoms with E-state index in [1.54, 1.807) is 0 Å². The van der Waals surface area contributed by atoms with Crippen LogP contribution in [0.2, 0.25) is 5.02 Å². The van der Waals surface area contributed by atoms with Gasteiger partial charge in [-0.3, -0.25) is 0 Å². The second-order valence-electron chi connectivity index (χ2n) is 3.75. The van der Waals surface area contributed by atoms with Gasteiger partial charge >= 0.3 is 12.1 Å². The van der Waals surface area contributed by atoms with Crippen molar-refractivity contribution in [1.82, 2.24) is 0 Å². The van der Waals surface area contributed by atoms with E-state index in [9.17, 15) is 30.8 Å². The maximum absolute atomic E-state index is 13.7. The monoisotopic (exact) mass is 334 g/mol. The first-order chi connectivity index (χ1) is 8.94. The van der Waals surface area contributed by atoms with Crippen LogP contribution in [-0.4, -0.2) is 31.4 Å². The topological polar surface area (TPSA) is 71.4 Å². The molecule has 10 heteroatoms. The molecule has 112 valence electrons. The highest BCUT2D eigenvalue weighted by Gasteiger charge is 2.32. The summed E-state index contributed by atoms with van der Waals surface area (Å²) in [7, 11) is -4.65. The molecule has 0 heterocycles. The molecule has 0 aromatic heterocycles. The minimum Gasteiger partial charge on any atom is -0.478 e. The van der Waals surface area contributed by atoms with Gasteiger partial charge in [-0.05, 0) is 12.1 Å². The number of hydrogen-bond acceptors (Lipinski definition) is 3. The first kappa shape index (κ1) is 16.7. The number of benzene rings is 1. The quantitative estimate of drug-likeness (QED) is 0.859. The van der Waals surface area contributed by atoms with E-state index in [1.165, 1.54) is 0 Å². The zero-order valence-electron chi connectivity index (χ0n) is 9.54. The second-order valence-corrected chi connectivity index (χ2v) is 6.27. The number of carbonyl (C=O) groups is 1.